The Balaban J connectivity index is 1.16. The van der Waals surface area contributed by atoms with Crippen molar-refractivity contribution in [2.24, 2.45) is 0 Å². The summed E-state index contributed by atoms with van der Waals surface area (Å²) in [6, 6.07) is 60.7. The van der Waals surface area contributed by atoms with Crippen LogP contribution in [-0.2, 0) is 33.5 Å². The van der Waals surface area contributed by atoms with Gasteiger partial charge in [-0.2, -0.15) is 0 Å². The lowest BCUT2D eigenvalue weighted by Crippen LogP contribution is -2.46. The first kappa shape index (κ1) is 52.7. The average molecular weight is 981 g/mol. The highest BCUT2D eigenvalue weighted by Crippen LogP contribution is 2.49. The van der Waals surface area contributed by atoms with Crippen molar-refractivity contribution in [3.8, 4) is 0 Å². The van der Waals surface area contributed by atoms with Crippen LogP contribution in [-0.4, -0.2) is 118 Å². The third-order valence-electron chi connectivity index (χ3n) is 11.9. The van der Waals surface area contributed by atoms with E-state index < -0.39 is 46.5 Å². The van der Waals surface area contributed by atoms with Crippen LogP contribution >= 0.6 is 23.5 Å². The minimum atomic E-state index is -1.34. The molecule has 6 aromatic carbocycles. The van der Waals surface area contributed by atoms with Crippen molar-refractivity contribution in [2.75, 3.05) is 57.3 Å². The van der Waals surface area contributed by atoms with Crippen LogP contribution in [0.5, 0.6) is 0 Å². The molecule has 6 aromatic rings. The maximum atomic E-state index is 14.0. The van der Waals surface area contributed by atoms with Crippen LogP contribution in [0.3, 0.4) is 0 Å². The third kappa shape index (κ3) is 14.4. The number of amides is 2. The van der Waals surface area contributed by atoms with E-state index >= 15 is 0 Å². The standard InChI is InChI=1S/C56H60N4O8S2/c61-50(57-34-20-19-33-49(54(67)68)60(41-52(63)64)42-53(65)66)39-59(36-38-70-56(46-27-13-4-14-28-46,47-29-15-5-16-30-47)48-31-17-6-18-32-48)40-51(62)58-35-37-69-55(43-21-7-1-8-22-43,44-23-9-2-10-24-44)45-25-11-3-12-26-45/h1-18,21-32,49H,19-20,33-42H2,(H,57,61)(H,58,62)(H,63,64)(H,65,66)(H,67,68). The number of carbonyl (C=O) groups excluding carboxylic acids is 2. The molecule has 0 aliphatic heterocycles. The normalized spacial score (nSPS) is 12.0. The molecule has 0 fully saturated rings. The van der Waals surface area contributed by atoms with Crippen LogP contribution in [0.15, 0.2) is 182 Å². The van der Waals surface area contributed by atoms with Gasteiger partial charge in [0.25, 0.3) is 0 Å². The molecule has 14 heteroatoms. The largest absolute Gasteiger partial charge is 0.480 e. The molecule has 364 valence electrons. The topological polar surface area (TPSA) is 177 Å². The Kier molecular flexibility index (Phi) is 20.2. The molecule has 0 bridgehead atoms. The zero-order valence-corrected chi connectivity index (χ0v) is 40.6. The SMILES string of the molecule is O=C(O)CN(CC(=O)O)C(CCCCNC(=O)CN(CCSC(c1ccccc1)(c1ccccc1)c1ccccc1)CC(=O)NCCSC(c1ccccc1)(c1ccccc1)c1ccccc1)C(=O)O. The van der Waals surface area contributed by atoms with Gasteiger partial charge in [-0.3, -0.25) is 33.8 Å². The number of aliphatic carboxylic acids is 3. The fourth-order valence-corrected chi connectivity index (χ4v) is 11.8. The highest BCUT2D eigenvalue weighted by Gasteiger charge is 2.38. The summed E-state index contributed by atoms with van der Waals surface area (Å²) in [6.07, 6.45) is 0.638. The van der Waals surface area contributed by atoms with E-state index in [1.807, 2.05) is 114 Å². The zero-order valence-electron chi connectivity index (χ0n) is 39.0. The maximum absolute atomic E-state index is 14.0. The van der Waals surface area contributed by atoms with E-state index in [9.17, 15) is 39.3 Å². The van der Waals surface area contributed by atoms with Crippen LogP contribution in [0.25, 0.3) is 0 Å². The van der Waals surface area contributed by atoms with Gasteiger partial charge in [0.2, 0.25) is 11.8 Å². The van der Waals surface area contributed by atoms with E-state index in [1.54, 1.807) is 23.5 Å². The number of nitrogens with zero attached hydrogens (tertiary/aromatic N) is 2. The van der Waals surface area contributed by atoms with Crippen molar-refractivity contribution in [3.63, 3.8) is 0 Å². The van der Waals surface area contributed by atoms with Crippen molar-refractivity contribution in [1.29, 1.82) is 0 Å². The second-order valence-corrected chi connectivity index (χ2v) is 19.3. The number of nitrogens with one attached hydrogen (secondary N) is 2. The van der Waals surface area contributed by atoms with E-state index in [4.69, 9.17) is 0 Å². The zero-order chi connectivity index (χ0) is 49.6. The lowest BCUT2D eigenvalue weighted by Gasteiger charge is -2.36. The molecule has 70 heavy (non-hydrogen) atoms. The molecule has 6 rings (SSSR count). The Morgan fingerprint density at radius 2 is 0.771 bits per heavy atom. The molecular weight excluding hydrogens is 921 g/mol. The number of benzene rings is 6. The van der Waals surface area contributed by atoms with Crippen LogP contribution in [0.4, 0.5) is 0 Å². The molecule has 0 saturated heterocycles. The molecule has 0 aliphatic rings. The average Bonchev–Trinajstić information content (AvgIpc) is 3.37. The first-order valence-electron chi connectivity index (χ1n) is 23.3. The smallest absolute Gasteiger partial charge is 0.320 e. The van der Waals surface area contributed by atoms with Crippen LogP contribution in [0, 0.1) is 0 Å². The summed E-state index contributed by atoms with van der Waals surface area (Å²) < 4.78 is -1.16. The molecule has 1 atom stereocenters. The third-order valence-corrected chi connectivity index (χ3v) is 15.0. The molecule has 0 heterocycles. The number of carboxylic acid groups (broad SMARTS) is 3. The number of hydrogen-bond acceptors (Lipinski definition) is 9. The maximum Gasteiger partial charge on any atom is 0.320 e. The highest BCUT2D eigenvalue weighted by atomic mass is 32.2. The van der Waals surface area contributed by atoms with Gasteiger partial charge in [0, 0.05) is 31.1 Å². The number of carboxylic acids is 3. The van der Waals surface area contributed by atoms with Crippen molar-refractivity contribution >= 4 is 53.2 Å². The van der Waals surface area contributed by atoms with Gasteiger partial charge in [-0.05, 0) is 52.6 Å². The molecule has 5 N–H and O–H groups in total. The van der Waals surface area contributed by atoms with Crippen LogP contribution in [0.1, 0.15) is 52.6 Å². The van der Waals surface area contributed by atoms with E-state index in [-0.39, 0.29) is 44.3 Å². The van der Waals surface area contributed by atoms with Gasteiger partial charge in [-0.25, -0.2) is 0 Å². The number of hydrogen-bond donors (Lipinski definition) is 5. The number of unbranched alkanes of at least 4 members (excludes halogenated alkanes) is 1. The van der Waals surface area contributed by atoms with Crippen molar-refractivity contribution in [2.45, 2.75) is 34.8 Å². The quantitative estimate of drug-likeness (QED) is 0.0226. The lowest BCUT2D eigenvalue weighted by molar-refractivity contribution is -0.149. The summed E-state index contributed by atoms with van der Waals surface area (Å²) in [5, 5.41) is 34.4. The van der Waals surface area contributed by atoms with E-state index in [2.05, 4.69) is 83.4 Å². The Hall–Kier alpha value is -6.71. The molecule has 0 radical (unpaired) electrons. The first-order chi connectivity index (χ1) is 34.0. The van der Waals surface area contributed by atoms with Crippen LogP contribution < -0.4 is 10.6 Å². The summed E-state index contributed by atoms with van der Waals surface area (Å²) in [6.45, 7) is -0.646. The summed E-state index contributed by atoms with van der Waals surface area (Å²) in [4.78, 5) is 65.2. The van der Waals surface area contributed by atoms with Crippen molar-refractivity contribution in [1.82, 2.24) is 20.4 Å². The Bertz CT molecular complexity index is 2350. The molecule has 12 nitrogen and oxygen atoms in total. The van der Waals surface area contributed by atoms with Gasteiger partial charge in [-0.1, -0.05) is 182 Å². The summed E-state index contributed by atoms with van der Waals surface area (Å²) >= 11 is 3.48. The predicted molar refractivity (Wildman–Crippen MR) is 278 cm³/mol. The highest BCUT2D eigenvalue weighted by molar-refractivity contribution is 8.00. The number of rotatable bonds is 29. The molecule has 0 saturated carbocycles. The van der Waals surface area contributed by atoms with Crippen LogP contribution in [0.2, 0.25) is 0 Å². The number of carbonyl (C=O) groups is 5. The summed E-state index contributed by atoms with van der Waals surface area (Å²) in [5.41, 5.74) is 6.64. The minimum Gasteiger partial charge on any atom is -0.480 e. The van der Waals surface area contributed by atoms with Gasteiger partial charge >= 0.3 is 17.9 Å². The monoisotopic (exact) mass is 980 g/mol. The lowest BCUT2D eigenvalue weighted by atomic mass is 9.84. The molecule has 0 aromatic heterocycles. The molecule has 0 spiro atoms. The predicted octanol–water partition coefficient (Wildman–Crippen LogP) is 8.07. The van der Waals surface area contributed by atoms with Gasteiger partial charge in [0.05, 0.1) is 35.7 Å². The van der Waals surface area contributed by atoms with Gasteiger partial charge in [-0.15, -0.1) is 23.5 Å². The van der Waals surface area contributed by atoms with Gasteiger partial charge in [0.15, 0.2) is 0 Å². The summed E-state index contributed by atoms with van der Waals surface area (Å²) in [5.74, 6) is -3.41. The van der Waals surface area contributed by atoms with E-state index in [0.717, 1.165) is 38.3 Å². The minimum absolute atomic E-state index is 0.0112. The fraction of sp³-hybridized carbons (Fsp3) is 0.268. The molecule has 0 aliphatic carbocycles. The van der Waals surface area contributed by atoms with Crippen molar-refractivity contribution in [3.05, 3.63) is 215 Å². The Morgan fingerprint density at radius 3 is 1.10 bits per heavy atom. The Labute approximate surface area is 418 Å². The molecular formula is C56H60N4O8S2. The molecule has 1 unspecified atom stereocenters. The van der Waals surface area contributed by atoms with Gasteiger partial charge in [0.1, 0.15) is 6.04 Å². The number of thioether (sulfide) groups is 2. The van der Waals surface area contributed by atoms with Crippen molar-refractivity contribution < 1.29 is 39.3 Å². The van der Waals surface area contributed by atoms with E-state index in [1.165, 1.54) is 0 Å². The first-order valence-corrected chi connectivity index (χ1v) is 25.3. The fourth-order valence-electron chi connectivity index (χ4n) is 8.77. The second kappa shape index (κ2) is 26.9. The van der Waals surface area contributed by atoms with E-state index in [0.29, 0.717) is 31.0 Å². The Morgan fingerprint density at radius 1 is 0.443 bits per heavy atom. The van der Waals surface area contributed by atoms with Gasteiger partial charge < -0.3 is 26.0 Å². The summed E-state index contributed by atoms with van der Waals surface area (Å²) in [7, 11) is 0. The second-order valence-electron chi connectivity index (χ2n) is 16.7. The molecule has 2 amide bonds.